The molecule has 1 aromatic rings. The fourth-order valence-corrected chi connectivity index (χ4v) is 1.62. The maximum atomic E-state index is 10.6. The van der Waals surface area contributed by atoms with Crippen LogP contribution in [0.5, 0.6) is 0 Å². The van der Waals surface area contributed by atoms with Crippen molar-refractivity contribution in [2.24, 2.45) is 0 Å². The molecule has 68 valence electrons. The molecule has 0 aromatic heterocycles. The van der Waals surface area contributed by atoms with Gasteiger partial charge in [-0.2, -0.15) is 0 Å². The van der Waals surface area contributed by atoms with Gasteiger partial charge in [-0.15, -0.1) is 0 Å². The van der Waals surface area contributed by atoms with Crippen LogP contribution in [-0.2, 0) is 17.8 Å². The summed E-state index contributed by atoms with van der Waals surface area (Å²) in [4.78, 5) is 10.6. The zero-order chi connectivity index (χ0) is 9.26. The summed E-state index contributed by atoms with van der Waals surface area (Å²) in [5.74, 6) is -1.02. The molecule has 0 saturated carbocycles. The number of hydrogen-bond donors (Lipinski definition) is 1. The molecule has 2 rings (SSSR count). The molecule has 0 fully saturated rings. The van der Waals surface area contributed by atoms with Gasteiger partial charge in [-0.1, -0.05) is 24.3 Å². The Kier molecular flexibility index (Phi) is 4.13. The van der Waals surface area contributed by atoms with Crippen molar-refractivity contribution in [3.05, 3.63) is 35.4 Å². The monoisotopic (exact) mass is 199 g/mol. The Labute approximate surface area is 105 Å². The van der Waals surface area contributed by atoms with E-state index in [-0.39, 0.29) is 29.6 Å². The Bertz CT molecular complexity index is 341. The largest absolute Gasteiger partial charge is 1.00 e. The number of benzene rings is 1. The first kappa shape index (κ1) is 11.7. The Morgan fingerprint density at radius 1 is 1.36 bits per heavy atom. The summed E-state index contributed by atoms with van der Waals surface area (Å²) in [7, 11) is 0. The third-order valence-electron chi connectivity index (χ3n) is 2.37. The SMILES string of the molecule is O=C([O-])C1Cc2ccccc2CN1.[Na+]. The average Bonchev–Trinajstić information content (AvgIpc) is 2.17. The van der Waals surface area contributed by atoms with E-state index >= 15 is 0 Å². The number of hydrogen-bond acceptors (Lipinski definition) is 3. The summed E-state index contributed by atoms with van der Waals surface area (Å²) in [6.45, 7) is 0.620. The van der Waals surface area contributed by atoms with Crippen molar-refractivity contribution in [3.63, 3.8) is 0 Å². The molecule has 1 aromatic carbocycles. The second kappa shape index (κ2) is 4.94. The van der Waals surface area contributed by atoms with E-state index in [4.69, 9.17) is 0 Å². The number of carboxylic acids is 1. The number of aliphatic carboxylic acids is 1. The van der Waals surface area contributed by atoms with Gasteiger partial charge in [0.15, 0.2) is 0 Å². The van der Waals surface area contributed by atoms with E-state index in [9.17, 15) is 9.90 Å². The first-order valence-corrected chi connectivity index (χ1v) is 4.28. The molecule has 1 aliphatic rings. The van der Waals surface area contributed by atoms with Gasteiger partial charge in [0.25, 0.3) is 0 Å². The van der Waals surface area contributed by atoms with E-state index in [0.29, 0.717) is 13.0 Å². The molecular formula is C10H10NNaO2. The number of fused-ring (bicyclic) bond motifs is 1. The molecule has 0 radical (unpaired) electrons. The van der Waals surface area contributed by atoms with Crippen molar-refractivity contribution in [1.82, 2.24) is 5.32 Å². The molecule has 0 spiro atoms. The summed E-state index contributed by atoms with van der Waals surface area (Å²) < 4.78 is 0. The van der Waals surface area contributed by atoms with E-state index in [0.717, 1.165) is 5.56 Å². The third-order valence-corrected chi connectivity index (χ3v) is 2.37. The Morgan fingerprint density at radius 3 is 2.64 bits per heavy atom. The minimum Gasteiger partial charge on any atom is -0.548 e. The van der Waals surface area contributed by atoms with Gasteiger partial charge >= 0.3 is 29.6 Å². The fraction of sp³-hybridized carbons (Fsp3) is 0.300. The average molecular weight is 199 g/mol. The van der Waals surface area contributed by atoms with Crippen molar-refractivity contribution in [2.75, 3.05) is 0 Å². The van der Waals surface area contributed by atoms with Crippen LogP contribution < -0.4 is 40.0 Å². The fourth-order valence-electron chi connectivity index (χ4n) is 1.62. The van der Waals surface area contributed by atoms with Gasteiger partial charge in [0, 0.05) is 6.54 Å². The second-order valence-electron chi connectivity index (χ2n) is 3.23. The normalized spacial score (nSPS) is 19.3. The Balaban J connectivity index is 0.000000980. The first-order chi connectivity index (χ1) is 6.27. The van der Waals surface area contributed by atoms with Crippen LogP contribution in [0.25, 0.3) is 0 Å². The molecule has 0 bridgehead atoms. The maximum Gasteiger partial charge on any atom is 1.00 e. The molecule has 1 unspecified atom stereocenters. The smallest absolute Gasteiger partial charge is 0.548 e. The summed E-state index contributed by atoms with van der Waals surface area (Å²) in [5.41, 5.74) is 2.29. The molecule has 1 aliphatic heterocycles. The van der Waals surface area contributed by atoms with E-state index in [1.807, 2.05) is 24.3 Å². The van der Waals surface area contributed by atoms with Gasteiger partial charge in [-0.05, 0) is 17.5 Å². The van der Waals surface area contributed by atoms with Crippen molar-refractivity contribution < 1.29 is 39.5 Å². The van der Waals surface area contributed by atoms with Gasteiger partial charge in [0.2, 0.25) is 0 Å². The third kappa shape index (κ3) is 2.36. The summed E-state index contributed by atoms with van der Waals surface area (Å²) in [5, 5.41) is 13.5. The number of carbonyl (C=O) groups is 1. The van der Waals surface area contributed by atoms with Crippen LogP contribution in [0.15, 0.2) is 24.3 Å². The van der Waals surface area contributed by atoms with Crippen molar-refractivity contribution in [3.8, 4) is 0 Å². The van der Waals surface area contributed by atoms with Crippen LogP contribution in [0.1, 0.15) is 11.1 Å². The van der Waals surface area contributed by atoms with Gasteiger partial charge in [-0.25, -0.2) is 0 Å². The first-order valence-electron chi connectivity index (χ1n) is 4.28. The van der Waals surface area contributed by atoms with Crippen molar-refractivity contribution in [2.45, 2.75) is 19.0 Å². The molecule has 0 aliphatic carbocycles. The van der Waals surface area contributed by atoms with Gasteiger partial charge in [0.1, 0.15) is 0 Å². The molecule has 0 amide bonds. The van der Waals surface area contributed by atoms with E-state index in [1.165, 1.54) is 5.56 Å². The van der Waals surface area contributed by atoms with Crippen LogP contribution >= 0.6 is 0 Å². The summed E-state index contributed by atoms with van der Waals surface area (Å²) in [6.07, 6.45) is 0.526. The number of carboxylic acid groups (broad SMARTS) is 1. The van der Waals surface area contributed by atoms with E-state index < -0.39 is 12.0 Å². The summed E-state index contributed by atoms with van der Waals surface area (Å²) >= 11 is 0. The van der Waals surface area contributed by atoms with Crippen LogP contribution in [0, 0.1) is 0 Å². The molecule has 4 heteroatoms. The van der Waals surface area contributed by atoms with Crippen molar-refractivity contribution in [1.29, 1.82) is 0 Å². The van der Waals surface area contributed by atoms with Crippen LogP contribution in [0.2, 0.25) is 0 Å². The van der Waals surface area contributed by atoms with E-state index in [2.05, 4.69) is 5.32 Å². The maximum absolute atomic E-state index is 10.6. The molecular weight excluding hydrogens is 189 g/mol. The zero-order valence-electron chi connectivity index (χ0n) is 8.12. The number of nitrogens with one attached hydrogen (secondary N) is 1. The molecule has 1 N–H and O–H groups in total. The molecule has 3 nitrogen and oxygen atoms in total. The zero-order valence-corrected chi connectivity index (χ0v) is 10.1. The topological polar surface area (TPSA) is 52.2 Å². The molecule has 14 heavy (non-hydrogen) atoms. The van der Waals surface area contributed by atoms with Crippen LogP contribution in [0.4, 0.5) is 0 Å². The molecule has 1 atom stereocenters. The van der Waals surface area contributed by atoms with Crippen molar-refractivity contribution >= 4 is 5.97 Å². The van der Waals surface area contributed by atoms with E-state index in [1.54, 1.807) is 0 Å². The molecule has 0 saturated heterocycles. The van der Waals surface area contributed by atoms with Gasteiger partial charge in [0.05, 0.1) is 12.0 Å². The van der Waals surface area contributed by atoms with Crippen LogP contribution in [-0.4, -0.2) is 12.0 Å². The van der Waals surface area contributed by atoms with Crippen LogP contribution in [0.3, 0.4) is 0 Å². The number of rotatable bonds is 1. The van der Waals surface area contributed by atoms with Gasteiger partial charge in [-0.3, -0.25) is 0 Å². The number of carbonyl (C=O) groups excluding carboxylic acids is 1. The summed E-state index contributed by atoms with van der Waals surface area (Å²) in [6, 6.07) is 7.32. The quantitative estimate of drug-likeness (QED) is 0.477. The van der Waals surface area contributed by atoms with Gasteiger partial charge < -0.3 is 15.2 Å². The Hall–Kier alpha value is -0.350. The predicted octanol–water partition coefficient (Wildman–Crippen LogP) is -3.55. The minimum absolute atomic E-state index is 0. The Morgan fingerprint density at radius 2 is 2.00 bits per heavy atom. The predicted molar refractivity (Wildman–Crippen MR) is 45.8 cm³/mol. The second-order valence-corrected chi connectivity index (χ2v) is 3.23. The minimum atomic E-state index is -1.02. The molecule has 1 heterocycles. The standard InChI is InChI=1S/C10H11NO2.Na/c12-10(13)9-5-7-3-1-2-4-8(7)6-11-9;/h1-4,9,11H,5-6H2,(H,12,13);/q;+1/p-1.